The minimum atomic E-state index is -0.509. The van der Waals surface area contributed by atoms with Crippen LogP contribution in [-0.4, -0.2) is 46.6 Å². The zero-order valence-corrected chi connectivity index (χ0v) is 24.4. The summed E-state index contributed by atoms with van der Waals surface area (Å²) in [6.45, 7) is 7.13. The zero-order valence-electron chi connectivity index (χ0n) is 22.0. The Bertz CT molecular complexity index is 1420. The molecule has 0 aliphatic rings. The summed E-state index contributed by atoms with van der Waals surface area (Å²) in [7, 11) is 2.93. The summed E-state index contributed by atoms with van der Waals surface area (Å²) in [6, 6.07) is 7.38. The molecular formula is C27H30N4O4S3. The third kappa shape index (κ3) is 5.79. The van der Waals surface area contributed by atoms with Crippen LogP contribution in [0.4, 0.5) is 5.00 Å². The number of thioether (sulfide) groups is 1. The predicted molar refractivity (Wildman–Crippen MR) is 155 cm³/mol. The summed E-state index contributed by atoms with van der Waals surface area (Å²) in [4.78, 5) is 26.9. The van der Waals surface area contributed by atoms with Gasteiger partial charge in [-0.3, -0.25) is 4.79 Å². The minimum absolute atomic E-state index is 0.127. The molecule has 4 rings (SSSR count). The Labute approximate surface area is 234 Å². The van der Waals surface area contributed by atoms with Gasteiger partial charge in [-0.05, 0) is 43.0 Å². The van der Waals surface area contributed by atoms with Crippen LogP contribution >= 0.6 is 34.4 Å². The Morgan fingerprint density at radius 3 is 2.45 bits per heavy atom. The number of hydrogen-bond acceptors (Lipinski definition) is 9. The molecule has 1 aromatic carbocycles. The van der Waals surface area contributed by atoms with Crippen LogP contribution in [-0.2, 0) is 22.5 Å². The molecule has 0 radical (unpaired) electrons. The van der Waals surface area contributed by atoms with Crippen molar-refractivity contribution in [2.75, 3.05) is 25.3 Å². The summed E-state index contributed by atoms with van der Waals surface area (Å²) in [5, 5.41) is 16.9. The van der Waals surface area contributed by atoms with Gasteiger partial charge in [0.25, 0.3) is 0 Å². The predicted octanol–water partition coefficient (Wildman–Crippen LogP) is 6.54. The van der Waals surface area contributed by atoms with Crippen LogP contribution in [0.1, 0.15) is 41.1 Å². The average Bonchev–Trinajstić information content (AvgIpc) is 3.63. The number of carbonyl (C=O) groups is 2. The number of methoxy groups -OCH3 is 2. The smallest absolute Gasteiger partial charge is 0.341 e. The largest absolute Gasteiger partial charge is 0.497 e. The summed E-state index contributed by atoms with van der Waals surface area (Å²) < 4.78 is 12.3. The number of nitrogens with zero attached hydrogens (tertiary/aromatic N) is 3. The van der Waals surface area contributed by atoms with Crippen LogP contribution in [0.5, 0.6) is 5.75 Å². The van der Waals surface area contributed by atoms with E-state index in [-0.39, 0.29) is 11.7 Å². The second-order valence-electron chi connectivity index (χ2n) is 8.41. The van der Waals surface area contributed by atoms with Crippen molar-refractivity contribution < 1.29 is 19.1 Å². The van der Waals surface area contributed by atoms with Crippen LogP contribution in [0, 0.1) is 6.92 Å². The maximum Gasteiger partial charge on any atom is 0.341 e. The highest BCUT2D eigenvalue weighted by atomic mass is 32.2. The van der Waals surface area contributed by atoms with Gasteiger partial charge in [0.1, 0.15) is 16.3 Å². The monoisotopic (exact) mass is 570 g/mol. The molecule has 3 heterocycles. The highest BCUT2D eigenvalue weighted by Gasteiger charge is 2.23. The Balaban J connectivity index is 1.53. The standard InChI is InChI=1S/C27H30N4O4S3/c1-6-12-31-24(21-14-36-16(3)19(21)7-2)29-30-27(31)38-15-22(32)28-25-23(26(33)35-5)20(13-37-25)17-8-10-18(34-4)11-9-17/h8-11,13-14H,6-7,12,15H2,1-5H3,(H,28,32). The summed E-state index contributed by atoms with van der Waals surface area (Å²) in [6.07, 6.45) is 1.84. The maximum absolute atomic E-state index is 13.0. The molecule has 0 aliphatic carbocycles. The van der Waals surface area contributed by atoms with Crippen LogP contribution < -0.4 is 10.1 Å². The van der Waals surface area contributed by atoms with Gasteiger partial charge < -0.3 is 19.4 Å². The van der Waals surface area contributed by atoms with Crippen molar-refractivity contribution in [3.8, 4) is 28.3 Å². The van der Waals surface area contributed by atoms with Gasteiger partial charge >= 0.3 is 5.97 Å². The maximum atomic E-state index is 13.0. The first-order chi connectivity index (χ1) is 18.4. The average molecular weight is 571 g/mol. The van der Waals surface area contributed by atoms with Gasteiger partial charge in [-0.2, -0.15) is 0 Å². The molecule has 3 aromatic heterocycles. The van der Waals surface area contributed by atoms with E-state index in [0.29, 0.717) is 27.0 Å². The summed E-state index contributed by atoms with van der Waals surface area (Å²) in [5.74, 6) is 0.933. The zero-order chi connectivity index (χ0) is 27.2. The van der Waals surface area contributed by atoms with Gasteiger partial charge in [0.05, 0.1) is 20.0 Å². The Hall–Kier alpha value is -3.15. The molecule has 1 N–H and O–H groups in total. The van der Waals surface area contributed by atoms with E-state index >= 15 is 0 Å². The van der Waals surface area contributed by atoms with Crippen LogP contribution in [0.3, 0.4) is 0 Å². The van der Waals surface area contributed by atoms with Crippen molar-refractivity contribution in [3.05, 3.63) is 51.0 Å². The van der Waals surface area contributed by atoms with Gasteiger partial charge in [-0.25, -0.2) is 4.79 Å². The van der Waals surface area contributed by atoms with E-state index < -0.39 is 5.97 Å². The number of rotatable bonds is 11. The molecule has 4 aromatic rings. The van der Waals surface area contributed by atoms with E-state index in [2.05, 4.69) is 46.2 Å². The highest BCUT2D eigenvalue weighted by Crippen LogP contribution is 2.37. The molecule has 200 valence electrons. The Morgan fingerprint density at radius 2 is 1.79 bits per heavy atom. The number of hydrogen-bond donors (Lipinski definition) is 1. The molecule has 0 saturated carbocycles. The first-order valence-electron chi connectivity index (χ1n) is 12.2. The van der Waals surface area contributed by atoms with E-state index in [4.69, 9.17) is 9.47 Å². The lowest BCUT2D eigenvalue weighted by Gasteiger charge is -2.10. The number of thiophene rings is 2. The molecule has 0 unspecified atom stereocenters. The topological polar surface area (TPSA) is 95.3 Å². The number of nitrogens with one attached hydrogen (secondary N) is 1. The van der Waals surface area contributed by atoms with Crippen molar-refractivity contribution in [1.29, 1.82) is 0 Å². The normalized spacial score (nSPS) is 11.0. The van der Waals surface area contributed by atoms with Crippen molar-refractivity contribution in [2.45, 2.75) is 45.3 Å². The molecule has 1 amide bonds. The lowest BCUT2D eigenvalue weighted by Crippen LogP contribution is -2.16. The van der Waals surface area contributed by atoms with Crippen LogP contribution in [0.25, 0.3) is 22.5 Å². The fourth-order valence-corrected chi connectivity index (χ4v) is 6.83. The number of carbonyl (C=O) groups excluding carboxylic acids is 2. The lowest BCUT2D eigenvalue weighted by atomic mass is 10.0. The van der Waals surface area contributed by atoms with E-state index in [9.17, 15) is 9.59 Å². The first kappa shape index (κ1) is 27.9. The Morgan fingerprint density at radius 1 is 1.05 bits per heavy atom. The SMILES string of the molecule is CCCn1c(SCC(=O)Nc2scc(-c3ccc(OC)cc3)c2C(=O)OC)nnc1-c1csc(C)c1CC. The molecule has 0 fully saturated rings. The molecule has 8 nitrogen and oxygen atoms in total. The first-order valence-corrected chi connectivity index (χ1v) is 14.9. The molecule has 0 saturated heterocycles. The van der Waals surface area contributed by atoms with Crippen molar-refractivity contribution >= 4 is 51.3 Å². The third-order valence-electron chi connectivity index (χ3n) is 6.03. The van der Waals surface area contributed by atoms with Gasteiger partial charge in [0.15, 0.2) is 11.0 Å². The number of anilines is 1. The summed E-state index contributed by atoms with van der Waals surface area (Å²) in [5.41, 5.74) is 4.25. The molecule has 38 heavy (non-hydrogen) atoms. The highest BCUT2D eigenvalue weighted by molar-refractivity contribution is 7.99. The number of aromatic nitrogens is 3. The molecule has 0 aliphatic heterocycles. The van der Waals surface area contributed by atoms with E-state index in [1.54, 1.807) is 18.4 Å². The number of ether oxygens (including phenoxy) is 2. The fourth-order valence-electron chi connectivity index (χ4n) is 4.16. The second kappa shape index (κ2) is 12.6. The van der Waals surface area contributed by atoms with E-state index in [1.807, 2.05) is 29.6 Å². The number of esters is 1. The van der Waals surface area contributed by atoms with Crippen molar-refractivity contribution in [3.63, 3.8) is 0 Å². The number of aryl methyl sites for hydroxylation is 1. The summed E-state index contributed by atoms with van der Waals surface area (Å²) >= 11 is 4.34. The number of benzene rings is 1. The molecular weight excluding hydrogens is 541 g/mol. The number of amides is 1. The lowest BCUT2D eigenvalue weighted by molar-refractivity contribution is -0.113. The van der Waals surface area contributed by atoms with Crippen LogP contribution in [0.2, 0.25) is 0 Å². The second-order valence-corrected chi connectivity index (χ2v) is 11.3. The van der Waals surface area contributed by atoms with Gasteiger partial charge in [0, 0.05) is 33.3 Å². The molecule has 0 spiro atoms. The van der Waals surface area contributed by atoms with Gasteiger partial charge in [0.2, 0.25) is 5.91 Å². The minimum Gasteiger partial charge on any atom is -0.497 e. The molecule has 0 atom stereocenters. The van der Waals surface area contributed by atoms with Gasteiger partial charge in [-0.1, -0.05) is 37.7 Å². The van der Waals surface area contributed by atoms with Gasteiger partial charge in [-0.15, -0.1) is 32.9 Å². The van der Waals surface area contributed by atoms with E-state index in [1.165, 1.54) is 40.6 Å². The van der Waals surface area contributed by atoms with Crippen LogP contribution in [0.15, 0.2) is 40.2 Å². The Kier molecular flexibility index (Phi) is 9.24. The quantitative estimate of drug-likeness (QED) is 0.162. The van der Waals surface area contributed by atoms with E-state index in [0.717, 1.165) is 36.3 Å². The fraction of sp³-hybridized carbons (Fsp3) is 0.333. The van der Waals surface area contributed by atoms with Crippen molar-refractivity contribution in [1.82, 2.24) is 14.8 Å². The van der Waals surface area contributed by atoms with Crippen molar-refractivity contribution in [2.24, 2.45) is 0 Å². The molecule has 0 bridgehead atoms. The molecule has 11 heteroatoms. The third-order valence-corrected chi connectivity index (χ3v) is 8.84.